The topological polar surface area (TPSA) is 47.7 Å². The zero-order chi connectivity index (χ0) is 14.5. The molecule has 0 amide bonds. The number of piperidine rings is 1. The highest BCUT2D eigenvalue weighted by Gasteiger charge is 2.62. The Morgan fingerprint density at radius 1 is 1.21 bits per heavy atom. The van der Waals surface area contributed by atoms with Crippen molar-refractivity contribution in [1.82, 2.24) is 5.01 Å². The van der Waals surface area contributed by atoms with Crippen LogP contribution in [0.2, 0.25) is 0 Å². The fraction of sp³-hybridized carbons (Fsp3) is 1.00. The molecule has 1 spiro atoms. The van der Waals surface area contributed by atoms with E-state index in [2.05, 4.69) is 46.6 Å². The molecule has 0 bridgehead atoms. The van der Waals surface area contributed by atoms with Crippen LogP contribution in [0.25, 0.3) is 0 Å². The summed E-state index contributed by atoms with van der Waals surface area (Å²) >= 11 is 0. The van der Waals surface area contributed by atoms with Gasteiger partial charge in [0.25, 0.3) is 0 Å². The summed E-state index contributed by atoms with van der Waals surface area (Å²) in [7, 11) is 0. The number of nitrogens with zero attached hydrogens (tertiary/aromatic N) is 1. The van der Waals surface area contributed by atoms with Crippen molar-refractivity contribution in [2.75, 3.05) is 6.61 Å². The Hall–Kier alpha value is -0.160. The highest BCUT2D eigenvalue weighted by atomic mass is 16.7. The number of hydrogen-bond donors (Lipinski definition) is 1. The molecule has 2 saturated heterocycles. The molecule has 112 valence electrons. The molecule has 0 aromatic carbocycles. The zero-order valence-electron chi connectivity index (χ0n) is 13.3. The van der Waals surface area contributed by atoms with Gasteiger partial charge in [0, 0.05) is 23.4 Å². The predicted octanol–water partition coefficient (Wildman–Crippen LogP) is 2.67. The third kappa shape index (κ3) is 2.04. The van der Waals surface area contributed by atoms with Crippen LogP contribution < -0.4 is 5.84 Å². The molecule has 0 aliphatic carbocycles. The summed E-state index contributed by atoms with van der Waals surface area (Å²) in [6.07, 6.45) is 3.00. The van der Waals surface area contributed by atoms with Gasteiger partial charge in [-0.25, -0.2) is 5.01 Å². The number of hydrogen-bond acceptors (Lipinski definition) is 4. The normalized spacial score (nSPS) is 51.9. The Kier molecular flexibility index (Phi) is 3.76. The molecule has 5 unspecified atom stereocenters. The lowest BCUT2D eigenvalue weighted by Gasteiger charge is -2.61. The van der Waals surface area contributed by atoms with Gasteiger partial charge in [-0.1, -0.05) is 20.8 Å². The van der Waals surface area contributed by atoms with Crippen LogP contribution in [0.3, 0.4) is 0 Å². The lowest BCUT2D eigenvalue weighted by Crippen LogP contribution is -2.74. The predicted molar refractivity (Wildman–Crippen MR) is 76.4 cm³/mol. The molecule has 2 aliphatic rings. The van der Waals surface area contributed by atoms with Crippen molar-refractivity contribution < 1.29 is 9.47 Å². The highest BCUT2D eigenvalue weighted by molar-refractivity contribution is 5.09. The van der Waals surface area contributed by atoms with E-state index in [1.807, 2.05) is 0 Å². The van der Waals surface area contributed by atoms with Crippen LogP contribution in [0.1, 0.15) is 60.8 Å². The first-order valence-electron chi connectivity index (χ1n) is 7.61. The van der Waals surface area contributed by atoms with E-state index in [0.29, 0.717) is 6.61 Å². The second-order valence-electron chi connectivity index (χ2n) is 6.88. The Bertz CT molecular complexity index is 351. The van der Waals surface area contributed by atoms with Crippen molar-refractivity contribution in [3.63, 3.8) is 0 Å². The average molecular weight is 270 g/mol. The third-order valence-electron chi connectivity index (χ3n) is 5.79. The van der Waals surface area contributed by atoms with E-state index in [1.165, 1.54) is 0 Å². The molecule has 4 heteroatoms. The summed E-state index contributed by atoms with van der Waals surface area (Å²) in [5, 5.41) is 2.08. The maximum Gasteiger partial charge on any atom is 0.174 e. The molecule has 0 saturated carbocycles. The first-order chi connectivity index (χ1) is 8.74. The average Bonchev–Trinajstić information content (AvgIpc) is 2.76. The van der Waals surface area contributed by atoms with Gasteiger partial charge in [0.05, 0.1) is 12.7 Å². The van der Waals surface area contributed by atoms with Gasteiger partial charge in [0.15, 0.2) is 5.79 Å². The van der Waals surface area contributed by atoms with Gasteiger partial charge in [-0.2, -0.15) is 0 Å². The van der Waals surface area contributed by atoms with E-state index < -0.39 is 5.79 Å². The van der Waals surface area contributed by atoms with Crippen molar-refractivity contribution in [3.8, 4) is 0 Å². The Balaban J connectivity index is 2.43. The lowest BCUT2D eigenvalue weighted by molar-refractivity contribution is -0.286. The van der Waals surface area contributed by atoms with Crippen LogP contribution in [-0.2, 0) is 9.47 Å². The van der Waals surface area contributed by atoms with Gasteiger partial charge in [-0.15, -0.1) is 0 Å². The van der Waals surface area contributed by atoms with E-state index in [1.54, 1.807) is 0 Å². The first-order valence-corrected chi connectivity index (χ1v) is 7.61. The number of hydrazine groups is 1. The molecule has 2 rings (SSSR count). The van der Waals surface area contributed by atoms with Crippen molar-refractivity contribution in [2.45, 2.75) is 83.8 Å². The molecule has 0 aromatic heterocycles. The fourth-order valence-electron chi connectivity index (χ4n) is 3.83. The molecule has 2 fully saturated rings. The summed E-state index contributed by atoms with van der Waals surface area (Å²) in [4.78, 5) is 0. The van der Waals surface area contributed by atoms with Gasteiger partial charge >= 0.3 is 0 Å². The van der Waals surface area contributed by atoms with E-state index in [0.717, 1.165) is 19.3 Å². The summed E-state index contributed by atoms with van der Waals surface area (Å²) in [6, 6.07) is 0. The Morgan fingerprint density at radius 2 is 1.84 bits per heavy atom. The monoisotopic (exact) mass is 270 g/mol. The second kappa shape index (κ2) is 4.69. The number of rotatable bonds is 2. The minimum absolute atomic E-state index is 0.0820. The van der Waals surface area contributed by atoms with Crippen molar-refractivity contribution in [1.29, 1.82) is 0 Å². The highest BCUT2D eigenvalue weighted by Crippen LogP contribution is 2.52. The van der Waals surface area contributed by atoms with Gasteiger partial charge in [-0.05, 0) is 33.6 Å². The van der Waals surface area contributed by atoms with E-state index >= 15 is 0 Å². The molecule has 5 atom stereocenters. The summed E-state index contributed by atoms with van der Waals surface area (Å²) in [5.41, 5.74) is -0.186. The molecular formula is C15H30N2O2. The van der Waals surface area contributed by atoms with E-state index in [4.69, 9.17) is 15.3 Å². The molecule has 19 heavy (non-hydrogen) atoms. The first kappa shape index (κ1) is 15.2. The lowest BCUT2D eigenvalue weighted by atomic mass is 9.67. The van der Waals surface area contributed by atoms with Gasteiger partial charge in [0.1, 0.15) is 0 Å². The summed E-state index contributed by atoms with van der Waals surface area (Å²) in [6.45, 7) is 13.8. The Morgan fingerprint density at radius 3 is 2.26 bits per heavy atom. The quantitative estimate of drug-likeness (QED) is 0.784. The van der Waals surface area contributed by atoms with Crippen LogP contribution in [0, 0.1) is 5.92 Å². The maximum absolute atomic E-state index is 6.51. The van der Waals surface area contributed by atoms with Crippen molar-refractivity contribution in [2.24, 2.45) is 11.8 Å². The van der Waals surface area contributed by atoms with Gasteiger partial charge in [0.2, 0.25) is 0 Å². The van der Waals surface area contributed by atoms with Crippen molar-refractivity contribution in [3.05, 3.63) is 0 Å². The standard InChI is InChI=1S/C15H30N2O2/c1-7-13(5)10-15(18-9-11(3)19-15)12(4)14(6,8-2)17(13)16/h11-12H,7-10,16H2,1-6H3. The summed E-state index contributed by atoms with van der Waals surface area (Å²) in [5.74, 6) is 6.29. The zero-order valence-corrected chi connectivity index (χ0v) is 13.3. The minimum atomic E-state index is -0.467. The summed E-state index contributed by atoms with van der Waals surface area (Å²) < 4.78 is 12.4. The third-order valence-corrected chi connectivity index (χ3v) is 5.79. The molecule has 0 aromatic rings. The number of nitrogens with two attached hydrogens (primary N) is 1. The fourth-order valence-corrected chi connectivity index (χ4v) is 3.83. The maximum atomic E-state index is 6.51. The molecule has 2 heterocycles. The molecular weight excluding hydrogens is 240 g/mol. The second-order valence-corrected chi connectivity index (χ2v) is 6.88. The van der Waals surface area contributed by atoms with E-state index in [-0.39, 0.29) is 23.1 Å². The molecule has 0 radical (unpaired) electrons. The SMILES string of the molecule is CCC1(C)CC2(OCC(C)O2)C(C)C(C)(CC)N1N. The van der Waals surface area contributed by atoms with Crippen LogP contribution >= 0.6 is 0 Å². The molecule has 4 nitrogen and oxygen atoms in total. The molecule has 2 N–H and O–H groups in total. The van der Waals surface area contributed by atoms with Crippen LogP contribution in [-0.4, -0.2) is 34.6 Å². The van der Waals surface area contributed by atoms with Gasteiger partial charge in [-0.3, -0.25) is 5.84 Å². The largest absolute Gasteiger partial charge is 0.347 e. The van der Waals surface area contributed by atoms with Crippen LogP contribution in [0.5, 0.6) is 0 Å². The van der Waals surface area contributed by atoms with Crippen molar-refractivity contribution >= 4 is 0 Å². The smallest absolute Gasteiger partial charge is 0.174 e. The Labute approximate surface area is 117 Å². The molecule has 2 aliphatic heterocycles. The van der Waals surface area contributed by atoms with Gasteiger partial charge < -0.3 is 9.47 Å². The van der Waals surface area contributed by atoms with E-state index in [9.17, 15) is 0 Å². The van der Waals surface area contributed by atoms with Crippen LogP contribution in [0.4, 0.5) is 0 Å². The van der Waals surface area contributed by atoms with Crippen LogP contribution in [0.15, 0.2) is 0 Å². The minimum Gasteiger partial charge on any atom is -0.347 e. The number of ether oxygens (including phenoxy) is 2.